The molecule has 0 spiro atoms. The van der Waals surface area contributed by atoms with Crippen LogP contribution in [0.25, 0.3) is 0 Å². The van der Waals surface area contributed by atoms with Crippen molar-refractivity contribution in [3.05, 3.63) is 0 Å². The van der Waals surface area contributed by atoms with Crippen LogP contribution in [0.2, 0.25) is 0 Å². The molecule has 0 heterocycles. The first-order valence-electron chi connectivity index (χ1n) is 5.18. The summed E-state index contributed by atoms with van der Waals surface area (Å²) in [5.74, 6) is 1.26. The van der Waals surface area contributed by atoms with Gasteiger partial charge in [0.05, 0.1) is 12.7 Å². The maximum Gasteiger partial charge on any atom is 0.0897 e. The molecule has 0 aromatic carbocycles. The molecule has 2 N–H and O–H groups in total. The van der Waals surface area contributed by atoms with Gasteiger partial charge in [0, 0.05) is 13.7 Å². The van der Waals surface area contributed by atoms with Crippen molar-refractivity contribution in [1.82, 2.24) is 5.32 Å². The fourth-order valence-corrected chi connectivity index (χ4v) is 1.69. The van der Waals surface area contributed by atoms with Crippen LogP contribution in [0, 0.1) is 0 Å². The summed E-state index contributed by atoms with van der Waals surface area (Å²) < 4.78 is 4.82. The molecule has 0 bridgehead atoms. The van der Waals surface area contributed by atoms with E-state index in [0.717, 1.165) is 6.54 Å². The monoisotopic (exact) mass is 221 g/mol. The average molecular weight is 221 g/mol. The zero-order chi connectivity index (χ0) is 10.6. The van der Waals surface area contributed by atoms with Gasteiger partial charge in [-0.05, 0) is 31.4 Å². The van der Waals surface area contributed by atoms with Gasteiger partial charge < -0.3 is 15.2 Å². The maximum atomic E-state index is 9.30. The second-order valence-electron chi connectivity index (χ2n) is 3.37. The van der Waals surface area contributed by atoms with Crippen LogP contribution in [-0.4, -0.2) is 50.0 Å². The lowest BCUT2D eigenvalue weighted by atomic mass is 10.2. The molecule has 0 saturated carbocycles. The van der Waals surface area contributed by atoms with Gasteiger partial charge in [-0.25, -0.2) is 0 Å². The molecule has 0 aliphatic rings. The Hall–Kier alpha value is 0.230. The third-order valence-electron chi connectivity index (χ3n) is 1.94. The first kappa shape index (κ1) is 14.2. The van der Waals surface area contributed by atoms with E-state index in [-0.39, 0.29) is 6.10 Å². The van der Waals surface area contributed by atoms with E-state index < -0.39 is 0 Å². The van der Waals surface area contributed by atoms with Gasteiger partial charge in [-0.15, -0.1) is 0 Å². The highest BCUT2D eigenvalue weighted by Crippen LogP contribution is 2.01. The topological polar surface area (TPSA) is 41.5 Å². The van der Waals surface area contributed by atoms with Gasteiger partial charge in [0.1, 0.15) is 0 Å². The van der Waals surface area contributed by atoms with Crippen LogP contribution in [-0.2, 0) is 4.74 Å². The lowest BCUT2D eigenvalue weighted by Gasteiger charge is -2.10. The van der Waals surface area contributed by atoms with Crippen LogP contribution in [0.3, 0.4) is 0 Å². The van der Waals surface area contributed by atoms with Gasteiger partial charge in [0.2, 0.25) is 0 Å². The van der Waals surface area contributed by atoms with E-state index in [4.69, 9.17) is 4.74 Å². The molecule has 0 amide bonds. The molecule has 0 radical (unpaired) electrons. The van der Waals surface area contributed by atoms with E-state index in [0.29, 0.717) is 13.2 Å². The standard InChI is InChI=1S/C10H23NO2S/c1-13-9-10(12)8-11-6-4-3-5-7-14-2/h10-12H,3-9H2,1-2H3. The smallest absolute Gasteiger partial charge is 0.0897 e. The number of unbranched alkanes of at least 4 members (excludes halogenated alkanes) is 2. The van der Waals surface area contributed by atoms with Crippen molar-refractivity contribution in [2.75, 3.05) is 38.8 Å². The molecule has 86 valence electrons. The number of ether oxygens (including phenoxy) is 1. The number of aliphatic hydroxyl groups is 1. The van der Waals surface area contributed by atoms with E-state index >= 15 is 0 Å². The fraction of sp³-hybridized carbons (Fsp3) is 1.00. The molecule has 0 aromatic heterocycles. The molecular formula is C10H23NO2S. The summed E-state index contributed by atoms with van der Waals surface area (Å²) in [7, 11) is 1.60. The van der Waals surface area contributed by atoms with Crippen LogP contribution in [0.1, 0.15) is 19.3 Å². The first-order chi connectivity index (χ1) is 6.81. The zero-order valence-electron chi connectivity index (χ0n) is 9.29. The summed E-state index contributed by atoms with van der Waals surface area (Å²) in [6.45, 7) is 2.05. The second kappa shape index (κ2) is 11.3. The Morgan fingerprint density at radius 1 is 1.36 bits per heavy atom. The van der Waals surface area contributed by atoms with E-state index in [1.54, 1.807) is 7.11 Å². The predicted molar refractivity (Wildman–Crippen MR) is 63.0 cm³/mol. The lowest BCUT2D eigenvalue weighted by Crippen LogP contribution is -2.30. The van der Waals surface area contributed by atoms with Crippen LogP contribution in [0.15, 0.2) is 0 Å². The molecule has 0 fully saturated rings. The summed E-state index contributed by atoms with van der Waals surface area (Å²) in [4.78, 5) is 0. The van der Waals surface area contributed by atoms with E-state index in [1.165, 1.54) is 25.0 Å². The first-order valence-corrected chi connectivity index (χ1v) is 6.57. The van der Waals surface area contributed by atoms with Crippen molar-refractivity contribution in [3.63, 3.8) is 0 Å². The van der Waals surface area contributed by atoms with Crippen LogP contribution < -0.4 is 5.32 Å². The number of nitrogens with one attached hydrogen (secondary N) is 1. The number of thioether (sulfide) groups is 1. The highest BCUT2D eigenvalue weighted by molar-refractivity contribution is 7.98. The largest absolute Gasteiger partial charge is 0.389 e. The lowest BCUT2D eigenvalue weighted by molar-refractivity contribution is 0.0646. The molecule has 0 saturated heterocycles. The predicted octanol–water partition coefficient (Wildman–Crippen LogP) is 1.12. The van der Waals surface area contributed by atoms with Crippen molar-refractivity contribution in [3.8, 4) is 0 Å². The van der Waals surface area contributed by atoms with E-state index in [1.807, 2.05) is 11.8 Å². The number of aliphatic hydroxyl groups excluding tert-OH is 1. The summed E-state index contributed by atoms with van der Waals surface area (Å²) in [6.07, 6.45) is 5.53. The van der Waals surface area contributed by atoms with Crippen LogP contribution >= 0.6 is 11.8 Å². The van der Waals surface area contributed by atoms with Crippen molar-refractivity contribution in [1.29, 1.82) is 0 Å². The Bertz CT molecular complexity index is 114. The van der Waals surface area contributed by atoms with Crippen LogP contribution in [0.4, 0.5) is 0 Å². The summed E-state index contributed by atoms with van der Waals surface area (Å²) >= 11 is 1.90. The molecular weight excluding hydrogens is 198 g/mol. The zero-order valence-corrected chi connectivity index (χ0v) is 10.1. The quantitative estimate of drug-likeness (QED) is 0.542. The van der Waals surface area contributed by atoms with Gasteiger partial charge in [0.25, 0.3) is 0 Å². The molecule has 0 aliphatic heterocycles. The number of hydrogen-bond donors (Lipinski definition) is 2. The molecule has 1 unspecified atom stereocenters. The Morgan fingerprint density at radius 3 is 2.79 bits per heavy atom. The minimum atomic E-state index is -0.369. The third-order valence-corrected chi connectivity index (χ3v) is 2.64. The molecule has 14 heavy (non-hydrogen) atoms. The Morgan fingerprint density at radius 2 is 2.14 bits per heavy atom. The molecule has 3 nitrogen and oxygen atoms in total. The van der Waals surface area contributed by atoms with Crippen molar-refractivity contribution < 1.29 is 9.84 Å². The summed E-state index contributed by atoms with van der Waals surface area (Å²) in [6, 6.07) is 0. The summed E-state index contributed by atoms with van der Waals surface area (Å²) in [5, 5.41) is 12.5. The Labute approximate surface area is 91.6 Å². The van der Waals surface area contributed by atoms with Crippen LogP contribution in [0.5, 0.6) is 0 Å². The molecule has 0 aromatic rings. The molecule has 4 heteroatoms. The minimum Gasteiger partial charge on any atom is -0.389 e. The highest BCUT2D eigenvalue weighted by Gasteiger charge is 2.00. The van der Waals surface area contributed by atoms with Gasteiger partial charge in [-0.3, -0.25) is 0 Å². The van der Waals surface area contributed by atoms with Gasteiger partial charge in [-0.1, -0.05) is 6.42 Å². The van der Waals surface area contributed by atoms with Crippen molar-refractivity contribution in [2.24, 2.45) is 0 Å². The SMILES string of the molecule is COCC(O)CNCCCCCSC. The van der Waals surface area contributed by atoms with E-state index in [9.17, 15) is 5.11 Å². The van der Waals surface area contributed by atoms with Crippen molar-refractivity contribution >= 4 is 11.8 Å². The third kappa shape index (κ3) is 10.3. The highest BCUT2D eigenvalue weighted by atomic mass is 32.2. The maximum absolute atomic E-state index is 9.30. The Kier molecular flexibility index (Phi) is 11.5. The number of rotatable bonds is 10. The van der Waals surface area contributed by atoms with Gasteiger partial charge in [-0.2, -0.15) is 11.8 Å². The number of methoxy groups -OCH3 is 1. The van der Waals surface area contributed by atoms with E-state index in [2.05, 4.69) is 11.6 Å². The Balaban J connectivity index is 2.98. The molecule has 0 rings (SSSR count). The van der Waals surface area contributed by atoms with Crippen molar-refractivity contribution in [2.45, 2.75) is 25.4 Å². The normalized spacial score (nSPS) is 13.1. The number of hydrogen-bond acceptors (Lipinski definition) is 4. The fourth-order valence-electron chi connectivity index (χ4n) is 1.19. The summed E-state index contributed by atoms with van der Waals surface area (Å²) in [5.41, 5.74) is 0. The average Bonchev–Trinajstić information content (AvgIpc) is 2.17. The minimum absolute atomic E-state index is 0.369. The second-order valence-corrected chi connectivity index (χ2v) is 4.35. The van der Waals surface area contributed by atoms with Gasteiger partial charge >= 0.3 is 0 Å². The molecule has 0 aliphatic carbocycles. The molecule has 1 atom stereocenters. The van der Waals surface area contributed by atoms with Gasteiger partial charge in [0.15, 0.2) is 0 Å².